The molecule has 0 spiro atoms. The number of carbonyl (C=O) groups is 1. The number of carbonyl (C=O) groups excluding carboxylic acids is 1. The van der Waals surface area contributed by atoms with Gasteiger partial charge in [-0.15, -0.1) is 0 Å². The number of sulfonamides is 1. The van der Waals surface area contributed by atoms with Gasteiger partial charge in [0.1, 0.15) is 6.54 Å². The van der Waals surface area contributed by atoms with Crippen LogP contribution in [0.4, 0.5) is 17.1 Å². The number of benzene rings is 3. The van der Waals surface area contributed by atoms with E-state index in [1.165, 1.54) is 54.6 Å². The van der Waals surface area contributed by atoms with E-state index in [9.17, 15) is 23.3 Å². The van der Waals surface area contributed by atoms with Crippen molar-refractivity contribution in [2.75, 3.05) is 16.2 Å². The molecular formula is C20H15Cl2N3O5S. The van der Waals surface area contributed by atoms with Crippen LogP contribution in [0.25, 0.3) is 0 Å². The van der Waals surface area contributed by atoms with Crippen molar-refractivity contribution in [1.29, 1.82) is 0 Å². The van der Waals surface area contributed by atoms with Crippen molar-refractivity contribution in [3.05, 3.63) is 93.0 Å². The lowest BCUT2D eigenvalue weighted by atomic mass is 10.3. The van der Waals surface area contributed by atoms with Gasteiger partial charge < -0.3 is 5.32 Å². The number of nitro benzene ring substituents is 1. The maximum absolute atomic E-state index is 13.3. The van der Waals surface area contributed by atoms with E-state index in [1.54, 1.807) is 18.2 Å². The van der Waals surface area contributed by atoms with Crippen LogP contribution in [0, 0.1) is 10.1 Å². The van der Waals surface area contributed by atoms with Crippen molar-refractivity contribution in [2.24, 2.45) is 0 Å². The summed E-state index contributed by atoms with van der Waals surface area (Å²) >= 11 is 12.1. The number of nitrogens with zero attached hydrogens (tertiary/aromatic N) is 2. The third-order valence-electron chi connectivity index (χ3n) is 4.09. The minimum absolute atomic E-state index is 0.0331. The molecule has 0 aliphatic heterocycles. The van der Waals surface area contributed by atoms with Crippen LogP contribution in [0.5, 0.6) is 0 Å². The molecule has 0 radical (unpaired) electrons. The fraction of sp³-hybridized carbons (Fsp3) is 0.0500. The Bertz CT molecular complexity index is 1220. The van der Waals surface area contributed by atoms with E-state index in [1.807, 2.05) is 0 Å². The van der Waals surface area contributed by atoms with Gasteiger partial charge in [-0.1, -0.05) is 47.5 Å². The molecule has 3 rings (SSSR count). The van der Waals surface area contributed by atoms with Gasteiger partial charge in [0.05, 0.1) is 15.5 Å². The summed E-state index contributed by atoms with van der Waals surface area (Å²) in [5, 5.41) is 13.8. The molecule has 0 aliphatic carbocycles. The average molecular weight is 480 g/mol. The van der Waals surface area contributed by atoms with Gasteiger partial charge in [-0.2, -0.15) is 0 Å². The fourth-order valence-electron chi connectivity index (χ4n) is 2.75. The highest BCUT2D eigenvalue weighted by molar-refractivity contribution is 7.92. The van der Waals surface area contributed by atoms with E-state index in [-0.39, 0.29) is 32.0 Å². The van der Waals surface area contributed by atoms with Crippen LogP contribution in [-0.4, -0.2) is 25.8 Å². The summed E-state index contributed by atoms with van der Waals surface area (Å²) in [4.78, 5) is 23.0. The Morgan fingerprint density at radius 1 is 0.968 bits per heavy atom. The molecule has 3 aromatic rings. The van der Waals surface area contributed by atoms with Crippen LogP contribution in [0.2, 0.25) is 10.0 Å². The van der Waals surface area contributed by atoms with Gasteiger partial charge in [-0.25, -0.2) is 8.42 Å². The molecule has 11 heteroatoms. The van der Waals surface area contributed by atoms with Gasteiger partial charge in [0.2, 0.25) is 5.91 Å². The fourth-order valence-corrected chi connectivity index (χ4v) is 4.69. The number of anilines is 2. The van der Waals surface area contributed by atoms with E-state index in [0.717, 1.165) is 4.31 Å². The second-order valence-corrected chi connectivity index (χ2v) is 9.04. The highest BCUT2D eigenvalue weighted by Gasteiger charge is 2.28. The van der Waals surface area contributed by atoms with Crippen molar-refractivity contribution in [3.8, 4) is 0 Å². The third-order valence-corrected chi connectivity index (χ3v) is 6.32. The molecule has 0 atom stereocenters. The zero-order valence-corrected chi connectivity index (χ0v) is 18.1. The molecule has 0 aliphatic rings. The first-order valence-corrected chi connectivity index (χ1v) is 10.9. The summed E-state index contributed by atoms with van der Waals surface area (Å²) in [5.74, 6) is -0.712. The number of nitro groups is 1. The van der Waals surface area contributed by atoms with Crippen LogP contribution in [0.15, 0.2) is 77.7 Å². The zero-order chi connectivity index (χ0) is 22.6. The van der Waals surface area contributed by atoms with Gasteiger partial charge in [-0.3, -0.25) is 19.2 Å². The lowest BCUT2D eigenvalue weighted by Gasteiger charge is -2.24. The normalized spacial score (nSPS) is 11.0. The monoisotopic (exact) mass is 479 g/mol. The number of hydrogen-bond donors (Lipinski definition) is 1. The Balaban J connectivity index is 1.96. The Morgan fingerprint density at radius 2 is 1.61 bits per heavy atom. The van der Waals surface area contributed by atoms with E-state index in [4.69, 9.17) is 23.2 Å². The molecule has 0 saturated heterocycles. The van der Waals surface area contributed by atoms with Gasteiger partial charge >= 0.3 is 0 Å². The predicted octanol–water partition coefficient (Wildman–Crippen LogP) is 4.74. The quantitative estimate of drug-likeness (QED) is 0.388. The van der Waals surface area contributed by atoms with E-state index >= 15 is 0 Å². The summed E-state index contributed by atoms with van der Waals surface area (Å²) in [5.41, 5.74) is 0.0316. The van der Waals surface area contributed by atoms with Crippen LogP contribution in [0.3, 0.4) is 0 Å². The Morgan fingerprint density at radius 3 is 2.23 bits per heavy atom. The molecule has 0 saturated carbocycles. The van der Waals surface area contributed by atoms with E-state index in [0.29, 0.717) is 0 Å². The molecular weight excluding hydrogens is 465 g/mol. The predicted molar refractivity (Wildman–Crippen MR) is 119 cm³/mol. The summed E-state index contributed by atoms with van der Waals surface area (Å²) in [6.07, 6.45) is 0. The first-order chi connectivity index (χ1) is 14.7. The summed E-state index contributed by atoms with van der Waals surface area (Å²) in [6.45, 7) is -0.614. The maximum Gasteiger partial charge on any atom is 0.271 e. The first-order valence-electron chi connectivity index (χ1n) is 8.75. The van der Waals surface area contributed by atoms with Crippen molar-refractivity contribution < 1.29 is 18.1 Å². The Hall–Kier alpha value is -3.14. The van der Waals surface area contributed by atoms with Crippen LogP contribution in [-0.2, 0) is 14.8 Å². The summed E-state index contributed by atoms with van der Waals surface area (Å²) in [7, 11) is -4.15. The molecule has 31 heavy (non-hydrogen) atoms. The summed E-state index contributed by atoms with van der Waals surface area (Å²) in [6, 6.07) is 17.0. The lowest BCUT2D eigenvalue weighted by Crippen LogP contribution is -2.38. The standard InChI is InChI=1S/C20H15Cl2N3O5S/c21-14-9-15(22)11-18(10-14)24(31(29,30)19-7-2-1-3-8-19)13-20(26)23-16-5-4-6-17(12-16)25(27)28/h1-12H,13H2,(H,23,26). The number of hydrogen-bond acceptors (Lipinski definition) is 5. The molecule has 0 aromatic heterocycles. The third kappa shape index (κ3) is 5.52. The lowest BCUT2D eigenvalue weighted by molar-refractivity contribution is -0.384. The molecule has 160 valence electrons. The number of rotatable bonds is 7. The number of amides is 1. The van der Waals surface area contributed by atoms with Gasteiger partial charge in [0.15, 0.2) is 0 Å². The molecule has 3 aromatic carbocycles. The topological polar surface area (TPSA) is 110 Å². The number of halogens is 2. The van der Waals surface area contributed by atoms with Crippen molar-refractivity contribution in [1.82, 2.24) is 0 Å². The average Bonchev–Trinajstić information content (AvgIpc) is 2.72. The van der Waals surface area contributed by atoms with Gasteiger partial charge in [-0.05, 0) is 36.4 Å². The van der Waals surface area contributed by atoms with Crippen molar-refractivity contribution in [3.63, 3.8) is 0 Å². The van der Waals surface area contributed by atoms with Crippen molar-refractivity contribution >= 4 is 56.2 Å². The maximum atomic E-state index is 13.3. The van der Waals surface area contributed by atoms with Crippen LogP contribution < -0.4 is 9.62 Å². The van der Waals surface area contributed by atoms with Crippen molar-refractivity contribution in [2.45, 2.75) is 4.90 Å². The minimum atomic E-state index is -4.15. The second-order valence-electron chi connectivity index (χ2n) is 6.31. The second kappa shape index (κ2) is 9.34. The molecule has 1 N–H and O–H groups in total. The van der Waals surface area contributed by atoms with Gasteiger partial charge in [0.25, 0.3) is 15.7 Å². The largest absolute Gasteiger partial charge is 0.324 e. The molecule has 8 nitrogen and oxygen atoms in total. The number of non-ortho nitro benzene ring substituents is 1. The van der Waals surface area contributed by atoms with E-state index < -0.39 is 27.4 Å². The number of nitrogens with one attached hydrogen (secondary N) is 1. The molecule has 1 amide bonds. The first kappa shape index (κ1) is 22.5. The zero-order valence-electron chi connectivity index (χ0n) is 15.7. The molecule has 0 heterocycles. The van der Waals surface area contributed by atoms with Crippen LogP contribution >= 0.6 is 23.2 Å². The molecule has 0 fully saturated rings. The summed E-state index contributed by atoms with van der Waals surface area (Å²) < 4.78 is 27.4. The van der Waals surface area contributed by atoms with E-state index in [2.05, 4.69) is 5.32 Å². The SMILES string of the molecule is O=C(CN(c1cc(Cl)cc(Cl)c1)S(=O)(=O)c1ccccc1)Nc1cccc([N+](=O)[O-])c1. The highest BCUT2D eigenvalue weighted by atomic mass is 35.5. The van der Waals surface area contributed by atoms with Gasteiger partial charge in [0, 0.05) is 27.9 Å². The Labute approximate surface area is 188 Å². The molecule has 0 bridgehead atoms. The minimum Gasteiger partial charge on any atom is -0.324 e. The van der Waals surface area contributed by atoms with Crippen LogP contribution in [0.1, 0.15) is 0 Å². The molecule has 0 unspecified atom stereocenters. The Kier molecular flexibility index (Phi) is 6.79. The highest BCUT2D eigenvalue weighted by Crippen LogP contribution is 2.29. The smallest absolute Gasteiger partial charge is 0.271 e.